The van der Waals surface area contributed by atoms with Crippen molar-refractivity contribution in [2.45, 2.75) is 6.61 Å². The zero-order valence-corrected chi connectivity index (χ0v) is 15.5. The molecule has 135 valence electrons. The minimum Gasteiger partial charge on any atom is -0.488 e. The van der Waals surface area contributed by atoms with Gasteiger partial charge in [0, 0.05) is 11.8 Å². The van der Waals surface area contributed by atoms with Gasteiger partial charge < -0.3 is 4.74 Å². The van der Waals surface area contributed by atoms with E-state index < -0.39 is 0 Å². The normalized spacial score (nSPS) is 10.9. The molecule has 4 rings (SSSR count). The van der Waals surface area contributed by atoms with Crippen molar-refractivity contribution in [3.8, 4) is 16.9 Å². The van der Waals surface area contributed by atoms with Crippen LogP contribution in [0.4, 0.5) is 5.69 Å². The highest BCUT2D eigenvalue weighted by molar-refractivity contribution is 5.87. The van der Waals surface area contributed by atoms with E-state index in [-0.39, 0.29) is 0 Å². The molecule has 0 aliphatic carbocycles. The summed E-state index contributed by atoms with van der Waals surface area (Å²) in [5, 5.41) is 0. The van der Waals surface area contributed by atoms with Crippen molar-refractivity contribution >= 4 is 11.9 Å². The van der Waals surface area contributed by atoms with Gasteiger partial charge in [-0.2, -0.15) is 0 Å². The van der Waals surface area contributed by atoms with E-state index >= 15 is 0 Å². The first kappa shape index (κ1) is 17.7. The van der Waals surface area contributed by atoms with Gasteiger partial charge in [-0.3, -0.25) is 4.99 Å². The van der Waals surface area contributed by atoms with Crippen LogP contribution in [0.5, 0.6) is 5.75 Å². The van der Waals surface area contributed by atoms with Gasteiger partial charge in [0.25, 0.3) is 0 Å². The molecule has 28 heavy (non-hydrogen) atoms. The van der Waals surface area contributed by atoms with Crippen molar-refractivity contribution in [3.63, 3.8) is 0 Å². The lowest BCUT2D eigenvalue weighted by Crippen LogP contribution is -1.99. The number of ether oxygens (including phenoxy) is 1. The Kier molecular flexibility index (Phi) is 5.60. The lowest BCUT2D eigenvalue weighted by Gasteiger charge is -2.12. The average molecular weight is 362 g/mol. The summed E-state index contributed by atoms with van der Waals surface area (Å²) >= 11 is 0. The third kappa shape index (κ3) is 4.54. The van der Waals surface area contributed by atoms with E-state index in [1.807, 2.05) is 79.0 Å². The molecule has 0 bridgehead atoms. The summed E-state index contributed by atoms with van der Waals surface area (Å²) < 4.78 is 6.17. The predicted molar refractivity (Wildman–Crippen MR) is 115 cm³/mol. The standard InChI is InChI=1S/C26H20NO/c1-4-10-21(11-5-1)20-28-26-18-23(22-12-6-2-7-13-22)16-17-24(26)19-27-25-14-8-3-9-15-25/h1,3-19H,20H2/b27-19+. The molecule has 0 aromatic heterocycles. The van der Waals surface area contributed by atoms with Crippen LogP contribution in [0.2, 0.25) is 0 Å². The lowest BCUT2D eigenvalue weighted by molar-refractivity contribution is 0.306. The van der Waals surface area contributed by atoms with Gasteiger partial charge in [-0.05, 0) is 47.0 Å². The molecular formula is C26H20NO. The van der Waals surface area contributed by atoms with Crippen LogP contribution in [0.25, 0.3) is 11.1 Å². The molecule has 4 aromatic rings. The third-order valence-electron chi connectivity index (χ3n) is 4.41. The molecule has 0 aliphatic heterocycles. The first-order valence-electron chi connectivity index (χ1n) is 9.25. The van der Waals surface area contributed by atoms with Crippen LogP contribution in [-0.4, -0.2) is 6.21 Å². The molecule has 0 heterocycles. The highest BCUT2D eigenvalue weighted by Crippen LogP contribution is 2.27. The second-order valence-electron chi connectivity index (χ2n) is 6.41. The zero-order chi connectivity index (χ0) is 19.0. The van der Waals surface area contributed by atoms with E-state index in [1.54, 1.807) is 0 Å². The summed E-state index contributed by atoms with van der Waals surface area (Å²) in [5.74, 6) is 0.814. The van der Waals surface area contributed by atoms with Gasteiger partial charge in [-0.15, -0.1) is 0 Å². The van der Waals surface area contributed by atoms with E-state index in [2.05, 4.69) is 41.4 Å². The number of nitrogens with zero attached hydrogens (tertiary/aromatic N) is 1. The molecule has 0 saturated heterocycles. The molecule has 1 radical (unpaired) electrons. The fourth-order valence-electron chi connectivity index (χ4n) is 2.92. The van der Waals surface area contributed by atoms with Gasteiger partial charge >= 0.3 is 0 Å². The molecule has 0 fully saturated rings. The first-order chi connectivity index (χ1) is 13.9. The third-order valence-corrected chi connectivity index (χ3v) is 4.41. The van der Waals surface area contributed by atoms with E-state index in [0.717, 1.165) is 33.7 Å². The van der Waals surface area contributed by atoms with Crippen LogP contribution in [0.3, 0.4) is 0 Å². The smallest absolute Gasteiger partial charge is 0.129 e. The second-order valence-corrected chi connectivity index (χ2v) is 6.41. The number of benzene rings is 4. The minimum absolute atomic E-state index is 0.513. The SMILES string of the molecule is [c]1ccc(-c2ccc(/C=N/c3ccccc3)c(OCc3ccccc3)c2)cc1. The fraction of sp³-hybridized carbons (Fsp3) is 0.0385. The summed E-state index contributed by atoms with van der Waals surface area (Å²) in [6.45, 7) is 0.513. The predicted octanol–water partition coefficient (Wildman–Crippen LogP) is 6.48. The summed E-state index contributed by atoms with van der Waals surface area (Å²) in [6, 6.07) is 37.3. The Balaban J connectivity index is 1.64. The summed E-state index contributed by atoms with van der Waals surface area (Å²) in [6.07, 6.45) is 1.86. The Labute approximate surface area is 165 Å². The number of aliphatic imine (C=N–C) groups is 1. The molecule has 0 atom stereocenters. The van der Waals surface area contributed by atoms with Crippen molar-refractivity contribution < 1.29 is 4.74 Å². The van der Waals surface area contributed by atoms with Crippen molar-refractivity contribution in [1.82, 2.24) is 0 Å². The average Bonchev–Trinajstić information content (AvgIpc) is 2.78. The minimum atomic E-state index is 0.513. The van der Waals surface area contributed by atoms with Gasteiger partial charge in [0.2, 0.25) is 0 Å². The number of para-hydroxylation sites is 1. The van der Waals surface area contributed by atoms with Crippen LogP contribution in [-0.2, 0) is 6.61 Å². The topological polar surface area (TPSA) is 21.6 Å². The highest BCUT2D eigenvalue weighted by atomic mass is 16.5. The Morgan fingerprint density at radius 1 is 0.750 bits per heavy atom. The summed E-state index contributed by atoms with van der Waals surface area (Å²) in [7, 11) is 0. The van der Waals surface area contributed by atoms with Crippen LogP contribution >= 0.6 is 0 Å². The van der Waals surface area contributed by atoms with E-state index in [0.29, 0.717) is 6.61 Å². The van der Waals surface area contributed by atoms with Gasteiger partial charge in [0.15, 0.2) is 0 Å². The van der Waals surface area contributed by atoms with E-state index in [4.69, 9.17) is 4.74 Å². The van der Waals surface area contributed by atoms with E-state index in [9.17, 15) is 0 Å². The molecule has 4 aromatic carbocycles. The van der Waals surface area contributed by atoms with Crippen LogP contribution < -0.4 is 4.74 Å². The van der Waals surface area contributed by atoms with Gasteiger partial charge in [0.05, 0.1) is 5.69 Å². The maximum atomic E-state index is 6.17. The van der Waals surface area contributed by atoms with Crippen molar-refractivity contribution in [3.05, 3.63) is 120 Å². The molecule has 0 N–H and O–H groups in total. The molecule has 0 amide bonds. The van der Waals surface area contributed by atoms with Crippen molar-refractivity contribution in [2.24, 2.45) is 4.99 Å². The Hall–Kier alpha value is -3.65. The molecule has 0 unspecified atom stereocenters. The van der Waals surface area contributed by atoms with Gasteiger partial charge in [-0.25, -0.2) is 0 Å². The first-order valence-corrected chi connectivity index (χ1v) is 9.25. The molecule has 2 nitrogen and oxygen atoms in total. The Morgan fingerprint density at radius 2 is 1.46 bits per heavy atom. The Bertz CT molecular complexity index is 1040. The molecule has 0 saturated carbocycles. The van der Waals surface area contributed by atoms with E-state index in [1.165, 1.54) is 0 Å². The Morgan fingerprint density at radius 3 is 2.21 bits per heavy atom. The number of hydrogen-bond donors (Lipinski definition) is 0. The monoisotopic (exact) mass is 362 g/mol. The summed E-state index contributed by atoms with van der Waals surface area (Å²) in [5.41, 5.74) is 5.24. The fourth-order valence-corrected chi connectivity index (χ4v) is 2.92. The molecule has 0 spiro atoms. The largest absolute Gasteiger partial charge is 0.488 e. The number of rotatable bonds is 6. The van der Waals surface area contributed by atoms with Gasteiger partial charge in [0.1, 0.15) is 12.4 Å². The lowest BCUT2D eigenvalue weighted by atomic mass is 10.0. The summed E-state index contributed by atoms with van der Waals surface area (Å²) in [4.78, 5) is 4.58. The second kappa shape index (κ2) is 8.83. The van der Waals surface area contributed by atoms with Crippen molar-refractivity contribution in [2.75, 3.05) is 0 Å². The molecule has 0 aliphatic rings. The zero-order valence-electron chi connectivity index (χ0n) is 15.5. The van der Waals surface area contributed by atoms with Crippen LogP contribution in [0, 0.1) is 6.07 Å². The van der Waals surface area contributed by atoms with Crippen LogP contribution in [0.15, 0.2) is 108 Å². The quantitative estimate of drug-likeness (QED) is 0.360. The maximum absolute atomic E-state index is 6.17. The van der Waals surface area contributed by atoms with Gasteiger partial charge in [-0.1, -0.05) is 78.9 Å². The maximum Gasteiger partial charge on any atom is 0.129 e. The molecular weight excluding hydrogens is 342 g/mol. The van der Waals surface area contributed by atoms with Crippen molar-refractivity contribution in [1.29, 1.82) is 0 Å². The highest BCUT2D eigenvalue weighted by Gasteiger charge is 2.06. The van der Waals surface area contributed by atoms with Crippen LogP contribution in [0.1, 0.15) is 11.1 Å². The number of hydrogen-bond acceptors (Lipinski definition) is 2. The molecule has 2 heteroatoms.